The number of pyridine rings is 1. The van der Waals surface area contributed by atoms with Gasteiger partial charge in [-0.25, -0.2) is 4.98 Å². The van der Waals surface area contributed by atoms with Crippen LogP contribution in [0.1, 0.15) is 0 Å². The third-order valence-corrected chi connectivity index (χ3v) is 4.54. The Morgan fingerprint density at radius 3 is 2.62 bits per heavy atom. The summed E-state index contributed by atoms with van der Waals surface area (Å²) >= 11 is 3.38. The van der Waals surface area contributed by atoms with Crippen LogP contribution < -0.4 is 10.6 Å². The Bertz CT molecular complexity index is 502. The Kier molecular flexibility index (Phi) is 4.42. The lowest BCUT2D eigenvalue weighted by Crippen LogP contribution is -2.52. The van der Waals surface area contributed by atoms with E-state index in [1.807, 2.05) is 17.0 Å². The lowest BCUT2D eigenvalue weighted by atomic mass is 10.0. The van der Waals surface area contributed by atoms with Gasteiger partial charge < -0.3 is 20.3 Å². The molecule has 0 bridgehead atoms. The van der Waals surface area contributed by atoms with Gasteiger partial charge in [-0.1, -0.05) is 0 Å². The van der Waals surface area contributed by atoms with Crippen molar-refractivity contribution in [1.82, 2.24) is 9.88 Å². The summed E-state index contributed by atoms with van der Waals surface area (Å²) in [6, 6.07) is 3.81. The van der Waals surface area contributed by atoms with Crippen LogP contribution in [-0.2, 0) is 9.53 Å². The quantitative estimate of drug-likeness (QED) is 0.835. The molecule has 1 aromatic rings. The van der Waals surface area contributed by atoms with Crippen LogP contribution in [0.2, 0.25) is 0 Å². The summed E-state index contributed by atoms with van der Waals surface area (Å²) in [6.07, 6.45) is 1.79. The van der Waals surface area contributed by atoms with Crippen molar-refractivity contribution >= 4 is 27.7 Å². The molecule has 0 aromatic carbocycles. The molecule has 2 unspecified atom stereocenters. The summed E-state index contributed by atoms with van der Waals surface area (Å²) in [5, 5.41) is 0. The van der Waals surface area contributed by atoms with Crippen molar-refractivity contribution in [2.45, 2.75) is 6.04 Å². The van der Waals surface area contributed by atoms with Gasteiger partial charge in [0.25, 0.3) is 0 Å². The van der Waals surface area contributed by atoms with Gasteiger partial charge in [0.15, 0.2) is 0 Å². The van der Waals surface area contributed by atoms with Gasteiger partial charge in [0.2, 0.25) is 5.91 Å². The summed E-state index contributed by atoms with van der Waals surface area (Å²) in [4.78, 5) is 20.9. The van der Waals surface area contributed by atoms with Crippen LogP contribution in [-0.4, -0.2) is 61.2 Å². The van der Waals surface area contributed by atoms with Crippen LogP contribution in [0.4, 0.5) is 5.82 Å². The molecule has 2 aliphatic heterocycles. The zero-order chi connectivity index (χ0) is 14.8. The molecule has 114 valence electrons. The Morgan fingerprint density at radius 2 is 2.05 bits per heavy atom. The summed E-state index contributed by atoms with van der Waals surface area (Å²) in [6.45, 7) is 3.94. The van der Waals surface area contributed by atoms with Gasteiger partial charge >= 0.3 is 0 Å². The van der Waals surface area contributed by atoms with E-state index in [9.17, 15) is 4.79 Å². The molecular formula is C14H19BrN4O2. The number of piperazine rings is 1. The number of hydrogen-bond acceptors (Lipinski definition) is 5. The van der Waals surface area contributed by atoms with E-state index in [0.717, 1.165) is 23.4 Å². The van der Waals surface area contributed by atoms with Crippen molar-refractivity contribution in [3.8, 4) is 0 Å². The molecule has 2 aliphatic rings. The second-order valence-corrected chi connectivity index (χ2v) is 6.37. The van der Waals surface area contributed by atoms with Gasteiger partial charge in [-0.05, 0) is 28.1 Å². The number of hydrogen-bond donors (Lipinski definition) is 1. The highest BCUT2D eigenvalue weighted by molar-refractivity contribution is 9.10. The molecule has 1 amide bonds. The molecule has 0 saturated carbocycles. The zero-order valence-corrected chi connectivity index (χ0v) is 13.3. The first-order valence-corrected chi connectivity index (χ1v) is 7.93. The van der Waals surface area contributed by atoms with Crippen molar-refractivity contribution in [2.75, 3.05) is 44.3 Å². The molecule has 7 heteroatoms. The molecule has 2 atom stereocenters. The number of carbonyl (C=O) groups excluding carboxylic acids is 1. The van der Waals surface area contributed by atoms with E-state index in [1.165, 1.54) is 0 Å². The van der Waals surface area contributed by atoms with E-state index < -0.39 is 0 Å². The fraction of sp³-hybridized carbons (Fsp3) is 0.571. The van der Waals surface area contributed by atoms with E-state index in [-0.39, 0.29) is 17.9 Å². The van der Waals surface area contributed by atoms with Crippen molar-refractivity contribution < 1.29 is 9.53 Å². The van der Waals surface area contributed by atoms with Crippen LogP contribution in [0.15, 0.2) is 22.8 Å². The average molecular weight is 355 g/mol. The van der Waals surface area contributed by atoms with E-state index in [2.05, 4.69) is 25.8 Å². The second kappa shape index (κ2) is 6.29. The Morgan fingerprint density at radius 1 is 1.29 bits per heavy atom. The monoisotopic (exact) mass is 354 g/mol. The standard InChI is InChI=1S/C14H19BrN4O2/c15-10-1-2-13(17-7-10)18-3-5-19(6-4-18)14(20)11-8-21-9-12(11)16/h1-2,7,11-12H,3-6,8-9,16H2. The predicted molar refractivity (Wildman–Crippen MR) is 83.0 cm³/mol. The van der Waals surface area contributed by atoms with E-state index in [4.69, 9.17) is 10.5 Å². The molecule has 6 nitrogen and oxygen atoms in total. The minimum Gasteiger partial charge on any atom is -0.379 e. The number of carbonyl (C=O) groups is 1. The van der Waals surface area contributed by atoms with Crippen LogP contribution >= 0.6 is 15.9 Å². The molecule has 2 saturated heterocycles. The molecular weight excluding hydrogens is 336 g/mol. The number of nitrogens with two attached hydrogens (primary N) is 1. The maximum absolute atomic E-state index is 12.4. The number of aromatic nitrogens is 1. The maximum Gasteiger partial charge on any atom is 0.229 e. The first-order valence-electron chi connectivity index (χ1n) is 7.14. The van der Waals surface area contributed by atoms with E-state index >= 15 is 0 Å². The number of rotatable bonds is 2. The second-order valence-electron chi connectivity index (χ2n) is 5.45. The Labute approximate surface area is 132 Å². The van der Waals surface area contributed by atoms with Crippen LogP contribution in [0.25, 0.3) is 0 Å². The molecule has 3 rings (SSSR count). The van der Waals surface area contributed by atoms with Gasteiger partial charge in [0.05, 0.1) is 19.1 Å². The van der Waals surface area contributed by atoms with Gasteiger partial charge in [-0.15, -0.1) is 0 Å². The van der Waals surface area contributed by atoms with Gasteiger partial charge in [-0.3, -0.25) is 4.79 Å². The maximum atomic E-state index is 12.4. The van der Waals surface area contributed by atoms with Crippen LogP contribution in [0.3, 0.4) is 0 Å². The van der Waals surface area contributed by atoms with Crippen molar-refractivity contribution in [3.05, 3.63) is 22.8 Å². The summed E-state index contributed by atoms with van der Waals surface area (Å²) in [7, 11) is 0. The largest absolute Gasteiger partial charge is 0.379 e. The number of anilines is 1. The van der Waals surface area contributed by atoms with Gasteiger partial charge in [0.1, 0.15) is 5.82 Å². The highest BCUT2D eigenvalue weighted by atomic mass is 79.9. The molecule has 0 radical (unpaired) electrons. The normalized spacial score (nSPS) is 26.2. The zero-order valence-electron chi connectivity index (χ0n) is 11.7. The number of amides is 1. The molecule has 0 spiro atoms. The van der Waals surface area contributed by atoms with Crippen LogP contribution in [0, 0.1) is 5.92 Å². The van der Waals surface area contributed by atoms with Gasteiger partial charge in [-0.2, -0.15) is 0 Å². The topological polar surface area (TPSA) is 71.7 Å². The Balaban J connectivity index is 1.57. The summed E-state index contributed by atoms with van der Waals surface area (Å²) < 4.78 is 6.25. The molecule has 2 fully saturated rings. The number of ether oxygens (including phenoxy) is 1. The molecule has 3 heterocycles. The first kappa shape index (κ1) is 14.7. The van der Waals surface area contributed by atoms with Gasteiger partial charge in [0, 0.05) is 42.9 Å². The Hall–Kier alpha value is -1.18. The molecule has 2 N–H and O–H groups in total. The first-order chi connectivity index (χ1) is 10.1. The van der Waals surface area contributed by atoms with Crippen molar-refractivity contribution in [2.24, 2.45) is 11.7 Å². The lowest BCUT2D eigenvalue weighted by molar-refractivity contribution is -0.136. The summed E-state index contributed by atoms with van der Waals surface area (Å²) in [5.74, 6) is 0.900. The highest BCUT2D eigenvalue weighted by Crippen LogP contribution is 2.19. The minimum atomic E-state index is -0.178. The summed E-state index contributed by atoms with van der Waals surface area (Å²) in [5.41, 5.74) is 5.92. The smallest absolute Gasteiger partial charge is 0.229 e. The van der Waals surface area contributed by atoms with E-state index in [0.29, 0.717) is 26.3 Å². The SMILES string of the molecule is NC1COCC1C(=O)N1CCN(c2ccc(Br)cn2)CC1. The average Bonchev–Trinajstić information content (AvgIpc) is 2.94. The lowest BCUT2D eigenvalue weighted by Gasteiger charge is -2.36. The van der Waals surface area contributed by atoms with Crippen LogP contribution in [0.5, 0.6) is 0 Å². The minimum absolute atomic E-state index is 0.128. The fourth-order valence-corrected chi connectivity index (χ4v) is 3.01. The number of nitrogens with zero attached hydrogens (tertiary/aromatic N) is 3. The van der Waals surface area contributed by atoms with Crippen molar-refractivity contribution in [1.29, 1.82) is 0 Å². The third-order valence-electron chi connectivity index (χ3n) is 4.07. The molecule has 0 aliphatic carbocycles. The van der Waals surface area contributed by atoms with Crippen molar-refractivity contribution in [3.63, 3.8) is 0 Å². The third kappa shape index (κ3) is 3.20. The van der Waals surface area contributed by atoms with E-state index in [1.54, 1.807) is 6.20 Å². The predicted octanol–water partition coefficient (Wildman–Crippen LogP) is 0.466. The highest BCUT2D eigenvalue weighted by Gasteiger charge is 2.35. The molecule has 1 aromatic heterocycles. The number of halogens is 1. The fourth-order valence-electron chi connectivity index (χ4n) is 2.77. The molecule has 21 heavy (non-hydrogen) atoms.